The van der Waals surface area contributed by atoms with Gasteiger partial charge in [-0.25, -0.2) is 9.98 Å². The molecule has 6 heteroatoms. The predicted octanol–water partition coefficient (Wildman–Crippen LogP) is 13.6. The van der Waals surface area contributed by atoms with Gasteiger partial charge >= 0.3 is 0 Å². The van der Waals surface area contributed by atoms with Gasteiger partial charge in [0.05, 0.1) is 33.8 Å². The highest BCUT2D eigenvalue weighted by atomic mass is 15.3. The number of nitrogens with zero attached hydrogens (tertiary/aromatic N) is 5. The van der Waals surface area contributed by atoms with Crippen LogP contribution in [0.25, 0.3) is 32.9 Å². The highest BCUT2D eigenvalue weighted by Crippen LogP contribution is 2.61. The van der Waals surface area contributed by atoms with Crippen molar-refractivity contribution in [3.63, 3.8) is 0 Å². The van der Waals surface area contributed by atoms with Crippen LogP contribution in [0.15, 0.2) is 198 Å². The number of nitrogens with one attached hydrogen (secondary N) is 1. The molecule has 0 saturated carbocycles. The van der Waals surface area contributed by atoms with Gasteiger partial charge in [0.25, 0.3) is 0 Å². The zero-order valence-electron chi connectivity index (χ0n) is 33.3. The maximum absolute atomic E-state index is 5.42. The van der Waals surface area contributed by atoms with Gasteiger partial charge in [-0.1, -0.05) is 140 Å². The van der Waals surface area contributed by atoms with Gasteiger partial charge in [-0.2, -0.15) is 0 Å². The van der Waals surface area contributed by atoms with Crippen LogP contribution in [0.3, 0.4) is 0 Å². The van der Waals surface area contributed by atoms with Crippen LogP contribution in [0.2, 0.25) is 0 Å². The highest BCUT2D eigenvalue weighted by Gasteiger charge is 2.38. The Hall–Kier alpha value is -7.44. The lowest BCUT2D eigenvalue weighted by Crippen LogP contribution is -2.36. The van der Waals surface area contributed by atoms with E-state index in [0.29, 0.717) is 5.92 Å². The number of rotatable bonds is 5. The summed E-state index contributed by atoms with van der Waals surface area (Å²) in [6.45, 7) is 2.36. The van der Waals surface area contributed by atoms with Gasteiger partial charge in [-0.15, -0.1) is 0 Å². The molecule has 0 fully saturated rings. The zero-order valence-corrected chi connectivity index (χ0v) is 33.3. The summed E-state index contributed by atoms with van der Waals surface area (Å²) in [7, 11) is 0. The fraction of sp³-hybridized carbons (Fsp3) is 0.111. The Bertz CT molecular complexity index is 3120. The first-order valence-corrected chi connectivity index (χ1v) is 21.1. The van der Waals surface area contributed by atoms with Crippen LogP contribution in [-0.4, -0.2) is 16.2 Å². The van der Waals surface area contributed by atoms with E-state index in [1.54, 1.807) is 0 Å². The number of aliphatic imine (C=N–C) groups is 2. The molecule has 6 nitrogen and oxygen atoms in total. The van der Waals surface area contributed by atoms with Gasteiger partial charge < -0.3 is 19.7 Å². The van der Waals surface area contributed by atoms with E-state index in [4.69, 9.17) is 9.98 Å². The Balaban J connectivity index is 1.16. The topological polar surface area (TPSA) is 48.2 Å². The Morgan fingerprint density at radius 2 is 1.28 bits per heavy atom. The number of fused-ring (bicyclic) bond motifs is 10. The lowest BCUT2D eigenvalue weighted by atomic mass is 9.78. The van der Waals surface area contributed by atoms with Gasteiger partial charge in [-0.3, -0.25) is 0 Å². The second kappa shape index (κ2) is 13.8. The average molecular weight is 775 g/mol. The molecular formula is C54H42N6. The number of anilines is 6. The van der Waals surface area contributed by atoms with Crippen molar-refractivity contribution >= 4 is 67.6 Å². The predicted molar refractivity (Wildman–Crippen MR) is 249 cm³/mol. The van der Waals surface area contributed by atoms with Crippen molar-refractivity contribution in [2.45, 2.75) is 38.4 Å². The smallest absolute Gasteiger partial charge is 0.204 e. The van der Waals surface area contributed by atoms with Crippen molar-refractivity contribution in [3.8, 4) is 11.1 Å². The first-order chi connectivity index (χ1) is 29.7. The summed E-state index contributed by atoms with van der Waals surface area (Å²) in [5.74, 6) is 1.98. The number of para-hydroxylation sites is 3. The van der Waals surface area contributed by atoms with E-state index in [2.05, 4.69) is 203 Å². The van der Waals surface area contributed by atoms with Crippen LogP contribution in [0.5, 0.6) is 0 Å². The molecule has 60 heavy (non-hydrogen) atoms. The van der Waals surface area contributed by atoms with Crippen LogP contribution in [0, 0.1) is 0 Å². The highest BCUT2D eigenvalue weighted by molar-refractivity contribution is 6.23. The van der Waals surface area contributed by atoms with E-state index >= 15 is 0 Å². The first-order valence-electron chi connectivity index (χ1n) is 21.1. The minimum atomic E-state index is -0.457. The molecule has 1 N–H and O–H groups in total. The van der Waals surface area contributed by atoms with E-state index in [-0.39, 0.29) is 0 Å². The van der Waals surface area contributed by atoms with Crippen LogP contribution in [0.4, 0.5) is 34.1 Å². The van der Waals surface area contributed by atoms with E-state index in [1.807, 2.05) is 6.07 Å². The second-order valence-electron chi connectivity index (χ2n) is 16.2. The maximum Gasteiger partial charge on any atom is 0.204 e. The molecule has 7 aromatic carbocycles. The average Bonchev–Trinajstić information content (AvgIpc) is 3.66. The van der Waals surface area contributed by atoms with Crippen molar-refractivity contribution in [3.05, 3.63) is 204 Å². The standard InChI is InChI=1S/C54H42N6/c1-35-34-38-30-31-46-50(48(38)42-27-15-14-26-41(35)42)58(39-22-10-4-11-23-39)47-33-32-45-49(51(47)59(46)40-24-12-5-13-25-40)43-28-16-17-29-44(43)60(45)54-56-52(36-18-6-2-7-19-36)55-53(57-54)37-20-8-3-9-21-37/h2,4-8,10-33,35,54H,3,9,34H2,1H3,(H,55,56,57). The van der Waals surface area contributed by atoms with Gasteiger partial charge in [0, 0.05) is 38.8 Å². The fourth-order valence-corrected chi connectivity index (χ4v) is 9.98. The summed E-state index contributed by atoms with van der Waals surface area (Å²) < 4.78 is 2.38. The molecule has 0 amide bonds. The van der Waals surface area contributed by atoms with Crippen LogP contribution in [-0.2, 0) is 6.42 Å². The quantitative estimate of drug-likeness (QED) is 0.189. The van der Waals surface area contributed by atoms with Crippen LogP contribution in [0.1, 0.15) is 48.7 Å². The molecule has 2 unspecified atom stereocenters. The summed E-state index contributed by atoms with van der Waals surface area (Å²) in [5.41, 5.74) is 16.5. The Morgan fingerprint density at radius 3 is 2.05 bits per heavy atom. The third-order valence-corrected chi connectivity index (χ3v) is 12.6. The van der Waals surface area contributed by atoms with Crippen molar-refractivity contribution < 1.29 is 0 Å². The van der Waals surface area contributed by atoms with Crippen LogP contribution >= 0.6 is 0 Å². The number of aromatic nitrogens is 1. The molecule has 8 aromatic rings. The Morgan fingerprint density at radius 1 is 0.617 bits per heavy atom. The molecule has 2 atom stereocenters. The molecule has 0 radical (unpaired) electrons. The minimum absolute atomic E-state index is 0.429. The monoisotopic (exact) mass is 774 g/mol. The normalized spacial score (nSPS) is 17.9. The summed E-state index contributed by atoms with van der Waals surface area (Å²) in [5, 5.41) is 6.13. The second-order valence-corrected chi connectivity index (χ2v) is 16.2. The third kappa shape index (κ3) is 5.34. The van der Waals surface area contributed by atoms with Gasteiger partial charge in [-0.05, 0) is 90.4 Å². The van der Waals surface area contributed by atoms with Crippen molar-refractivity contribution in [2.24, 2.45) is 9.98 Å². The third-order valence-electron chi connectivity index (χ3n) is 12.6. The SMILES string of the molecule is CC1Cc2ccc3c(c2-c2ccccc21)N(c1ccccc1)c1ccc2c(c1N3c1ccccc1)c1ccccc1n2C1N=C(C2=CCCC=C2)N=C(c2ccccc2)N1. The van der Waals surface area contributed by atoms with E-state index in [9.17, 15) is 0 Å². The van der Waals surface area contributed by atoms with E-state index in [0.717, 1.165) is 86.9 Å². The number of hydrogen-bond acceptors (Lipinski definition) is 5. The number of hydrogen-bond donors (Lipinski definition) is 1. The summed E-state index contributed by atoms with van der Waals surface area (Å²) in [6, 6.07) is 59.5. The largest absolute Gasteiger partial charge is 0.331 e. The van der Waals surface area contributed by atoms with Crippen molar-refractivity contribution in [1.82, 2.24) is 9.88 Å². The Labute approximate surface area is 349 Å². The Kier molecular flexibility index (Phi) is 7.98. The number of benzene rings is 7. The number of allylic oxidation sites excluding steroid dienone is 2. The molecule has 2 aliphatic heterocycles. The zero-order chi connectivity index (χ0) is 39.7. The molecule has 0 bridgehead atoms. The lowest BCUT2D eigenvalue weighted by molar-refractivity contribution is 0.515. The van der Waals surface area contributed by atoms with Crippen molar-refractivity contribution in [1.29, 1.82) is 0 Å². The van der Waals surface area contributed by atoms with E-state index < -0.39 is 6.29 Å². The van der Waals surface area contributed by atoms with Gasteiger partial charge in [0.2, 0.25) is 6.29 Å². The molecule has 3 heterocycles. The van der Waals surface area contributed by atoms with Gasteiger partial charge in [0.15, 0.2) is 5.84 Å². The van der Waals surface area contributed by atoms with Gasteiger partial charge in [0.1, 0.15) is 5.84 Å². The molecule has 0 spiro atoms. The maximum atomic E-state index is 5.42. The van der Waals surface area contributed by atoms with Crippen LogP contribution < -0.4 is 15.1 Å². The molecule has 1 aromatic heterocycles. The molecular weight excluding hydrogens is 733 g/mol. The van der Waals surface area contributed by atoms with Crippen molar-refractivity contribution in [2.75, 3.05) is 9.80 Å². The summed E-state index contributed by atoms with van der Waals surface area (Å²) in [6.07, 6.45) is 9.20. The van der Waals surface area contributed by atoms with E-state index in [1.165, 1.54) is 33.3 Å². The minimum Gasteiger partial charge on any atom is -0.331 e. The first kappa shape index (κ1) is 34.6. The summed E-state index contributed by atoms with van der Waals surface area (Å²) >= 11 is 0. The fourth-order valence-electron chi connectivity index (χ4n) is 9.98. The molecule has 0 saturated heterocycles. The molecule has 2 aliphatic carbocycles. The lowest BCUT2D eigenvalue weighted by Gasteiger charge is -2.43. The summed E-state index contributed by atoms with van der Waals surface area (Å²) in [4.78, 5) is 15.6. The number of amidine groups is 2. The molecule has 12 rings (SSSR count). The molecule has 4 aliphatic rings. The molecule has 288 valence electrons.